The van der Waals surface area contributed by atoms with Crippen LogP contribution >= 0.6 is 0 Å². The Kier molecular flexibility index (Phi) is 5.22. The van der Waals surface area contributed by atoms with Crippen molar-refractivity contribution in [1.82, 2.24) is 20.0 Å². The van der Waals surface area contributed by atoms with Crippen molar-refractivity contribution in [1.29, 1.82) is 0 Å². The number of hydrogen-bond donors (Lipinski definition) is 1. The second-order valence-electron chi connectivity index (χ2n) is 6.86. The van der Waals surface area contributed by atoms with E-state index in [0.29, 0.717) is 11.6 Å². The summed E-state index contributed by atoms with van der Waals surface area (Å²) in [5, 5.41) is 8.09. The maximum Gasteiger partial charge on any atom is 0.0522 e. The van der Waals surface area contributed by atoms with Crippen molar-refractivity contribution in [3.63, 3.8) is 0 Å². The van der Waals surface area contributed by atoms with Crippen molar-refractivity contribution >= 4 is 0 Å². The van der Waals surface area contributed by atoms with Gasteiger partial charge in [0, 0.05) is 44.0 Å². The Morgan fingerprint density at radius 3 is 2.60 bits per heavy atom. The first-order chi connectivity index (χ1) is 9.50. The van der Waals surface area contributed by atoms with Crippen molar-refractivity contribution in [2.24, 2.45) is 0 Å². The molecule has 0 spiro atoms. The topological polar surface area (TPSA) is 33.1 Å². The van der Waals surface area contributed by atoms with E-state index in [1.165, 1.54) is 31.6 Å². The van der Waals surface area contributed by atoms with Crippen molar-refractivity contribution in [3.05, 3.63) is 18.0 Å². The van der Waals surface area contributed by atoms with E-state index in [4.69, 9.17) is 0 Å². The largest absolute Gasteiger partial charge is 0.308 e. The van der Waals surface area contributed by atoms with Gasteiger partial charge in [0.1, 0.15) is 0 Å². The lowest BCUT2D eigenvalue weighted by Crippen LogP contribution is -2.49. The van der Waals surface area contributed by atoms with Crippen LogP contribution in [0.2, 0.25) is 0 Å². The molecular weight excluding hydrogens is 248 g/mol. The maximum absolute atomic E-state index is 4.38. The average molecular weight is 278 g/mol. The van der Waals surface area contributed by atoms with Gasteiger partial charge in [-0.1, -0.05) is 6.92 Å². The molecule has 0 saturated carbocycles. The molecule has 4 nitrogen and oxygen atoms in total. The Balaban J connectivity index is 1.77. The minimum Gasteiger partial charge on any atom is -0.308 e. The van der Waals surface area contributed by atoms with E-state index in [-0.39, 0.29) is 0 Å². The number of piperidine rings is 1. The third-order valence-electron chi connectivity index (χ3n) is 4.26. The molecule has 0 aromatic carbocycles. The van der Waals surface area contributed by atoms with Gasteiger partial charge >= 0.3 is 0 Å². The lowest BCUT2D eigenvalue weighted by molar-refractivity contribution is 0.0958. The van der Waals surface area contributed by atoms with Crippen molar-refractivity contribution < 1.29 is 0 Å². The Bertz CT molecular complexity index is 397. The molecule has 0 amide bonds. The van der Waals surface area contributed by atoms with Gasteiger partial charge < -0.3 is 5.32 Å². The first kappa shape index (κ1) is 15.5. The van der Waals surface area contributed by atoms with Gasteiger partial charge in [0.2, 0.25) is 0 Å². The fourth-order valence-corrected chi connectivity index (χ4v) is 2.93. The number of nitrogens with zero attached hydrogens (tertiary/aromatic N) is 3. The summed E-state index contributed by atoms with van der Waals surface area (Å²) in [5.74, 6) is 0. The quantitative estimate of drug-likeness (QED) is 0.899. The zero-order chi connectivity index (χ0) is 14.6. The van der Waals surface area contributed by atoms with Gasteiger partial charge in [0.25, 0.3) is 0 Å². The lowest BCUT2D eigenvalue weighted by atomic mass is 9.98. The van der Waals surface area contributed by atoms with Crippen molar-refractivity contribution in [3.8, 4) is 0 Å². The highest BCUT2D eigenvalue weighted by Gasteiger charge is 2.26. The van der Waals surface area contributed by atoms with Gasteiger partial charge in [-0.05, 0) is 46.1 Å². The molecule has 0 atom stereocenters. The minimum absolute atomic E-state index is 0.310. The van der Waals surface area contributed by atoms with Crippen LogP contribution in [0.4, 0.5) is 0 Å². The van der Waals surface area contributed by atoms with Crippen molar-refractivity contribution in [2.45, 2.75) is 71.6 Å². The average Bonchev–Trinajstić information content (AvgIpc) is 2.84. The molecule has 2 heterocycles. The molecule has 1 aliphatic rings. The highest BCUT2D eigenvalue weighted by molar-refractivity contribution is 5.00. The SMILES string of the molecule is CCCn1nccc1CNC1CCN(C(C)(C)C)CC1. The Morgan fingerprint density at radius 2 is 2.00 bits per heavy atom. The van der Waals surface area contributed by atoms with Gasteiger partial charge in [0.15, 0.2) is 0 Å². The molecule has 20 heavy (non-hydrogen) atoms. The molecule has 2 rings (SSSR count). The summed E-state index contributed by atoms with van der Waals surface area (Å²) >= 11 is 0. The number of aromatic nitrogens is 2. The smallest absolute Gasteiger partial charge is 0.0522 e. The second-order valence-corrected chi connectivity index (χ2v) is 6.86. The van der Waals surface area contributed by atoms with Crippen LogP contribution in [0.1, 0.15) is 52.7 Å². The lowest BCUT2D eigenvalue weighted by Gasteiger charge is -2.41. The van der Waals surface area contributed by atoms with Crippen LogP contribution < -0.4 is 5.32 Å². The fourth-order valence-electron chi connectivity index (χ4n) is 2.93. The van der Waals surface area contributed by atoms with E-state index in [1.807, 2.05) is 6.20 Å². The highest BCUT2D eigenvalue weighted by atomic mass is 15.3. The number of nitrogens with one attached hydrogen (secondary N) is 1. The van der Waals surface area contributed by atoms with E-state index in [9.17, 15) is 0 Å². The Hall–Kier alpha value is -0.870. The van der Waals surface area contributed by atoms with E-state index >= 15 is 0 Å². The molecule has 1 N–H and O–H groups in total. The molecule has 0 unspecified atom stereocenters. The molecule has 1 saturated heterocycles. The number of hydrogen-bond acceptors (Lipinski definition) is 3. The predicted molar refractivity (Wildman–Crippen MR) is 83.7 cm³/mol. The standard InChI is InChI=1S/C16H30N4/c1-5-10-20-15(6-9-18-20)13-17-14-7-11-19(12-8-14)16(2,3)4/h6,9,14,17H,5,7-8,10-13H2,1-4H3. The van der Waals surface area contributed by atoms with Gasteiger partial charge in [0.05, 0.1) is 5.69 Å². The first-order valence-electron chi connectivity index (χ1n) is 8.00. The molecule has 1 fully saturated rings. The molecule has 1 aromatic rings. The van der Waals surface area contributed by atoms with Gasteiger partial charge in [-0.3, -0.25) is 9.58 Å². The van der Waals surface area contributed by atoms with Crippen LogP contribution in [-0.4, -0.2) is 39.4 Å². The zero-order valence-corrected chi connectivity index (χ0v) is 13.5. The highest BCUT2D eigenvalue weighted by Crippen LogP contribution is 2.20. The second kappa shape index (κ2) is 6.72. The summed E-state index contributed by atoms with van der Waals surface area (Å²) in [4.78, 5) is 2.59. The molecule has 0 aliphatic carbocycles. The van der Waals surface area contributed by atoms with Gasteiger partial charge in [-0.2, -0.15) is 5.10 Å². The van der Waals surface area contributed by atoms with E-state index in [0.717, 1.165) is 19.5 Å². The maximum atomic E-state index is 4.38. The molecule has 0 radical (unpaired) electrons. The first-order valence-corrected chi connectivity index (χ1v) is 8.00. The number of likely N-dealkylation sites (tertiary alicyclic amines) is 1. The summed E-state index contributed by atoms with van der Waals surface area (Å²) in [7, 11) is 0. The third-order valence-corrected chi connectivity index (χ3v) is 4.26. The fraction of sp³-hybridized carbons (Fsp3) is 0.812. The van der Waals surface area contributed by atoms with Crippen LogP contribution in [0.3, 0.4) is 0 Å². The molecule has 0 bridgehead atoms. The summed E-state index contributed by atoms with van der Waals surface area (Å²) in [6, 6.07) is 2.78. The minimum atomic E-state index is 0.310. The van der Waals surface area contributed by atoms with E-state index in [2.05, 4.69) is 53.8 Å². The summed E-state index contributed by atoms with van der Waals surface area (Å²) < 4.78 is 2.12. The summed E-state index contributed by atoms with van der Waals surface area (Å²) in [5.41, 5.74) is 1.62. The monoisotopic (exact) mass is 278 g/mol. The molecular formula is C16H30N4. The summed E-state index contributed by atoms with van der Waals surface area (Å²) in [6.45, 7) is 13.5. The third kappa shape index (κ3) is 4.06. The predicted octanol–water partition coefficient (Wildman–Crippen LogP) is 2.65. The van der Waals surface area contributed by atoms with Gasteiger partial charge in [-0.25, -0.2) is 0 Å². The summed E-state index contributed by atoms with van der Waals surface area (Å²) in [6.07, 6.45) is 5.55. The van der Waals surface area contributed by atoms with Crippen LogP contribution in [0.15, 0.2) is 12.3 Å². The van der Waals surface area contributed by atoms with E-state index < -0.39 is 0 Å². The molecule has 4 heteroatoms. The van der Waals surface area contributed by atoms with Crippen LogP contribution in [0.25, 0.3) is 0 Å². The number of rotatable bonds is 5. The molecule has 114 valence electrons. The molecule has 1 aromatic heterocycles. The normalized spacial score (nSPS) is 18.6. The van der Waals surface area contributed by atoms with Crippen LogP contribution in [0.5, 0.6) is 0 Å². The van der Waals surface area contributed by atoms with Gasteiger partial charge in [-0.15, -0.1) is 0 Å². The number of aryl methyl sites for hydroxylation is 1. The zero-order valence-electron chi connectivity index (χ0n) is 13.5. The molecule has 1 aliphatic heterocycles. The van der Waals surface area contributed by atoms with Crippen molar-refractivity contribution in [2.75, 3.05) is 13.1 Å². The van der Waals surface area contributed by atoms with Crippen LogP contribution in [-0.2, 0) is 13.1 Å². The Morgan fingerprint density at radius 1 is 1.30 bits per heavy atom. The van der Waals surface area contributed by atoms with E-state index in [1.54, 1.807) is 0 Å². The van der Waals surface area contributed by atoms with Crippen LogP contribution in [0, 0.1) is 0 Å². The Labute approximate surface area is 123 Å².